The number of nitrogens with zero attached hydrogens (tertiary/aromatic N) is 1. The summed E-state index contributed by atoms with van der Waals surface area (Å²) in [6, 6.07) is 9.27. The first-order valence-corrected chi connectivity index (χ1v) is 9.80. The number of aliphatic imine (C=N–C) groups is 1. The molecule has 9 heteroatoms. The van der Waals surface area contributed by atoms with Gasteiger partial charge in [-0.25, -0.2) is 14.2 Å². The Hall–Kier alpha value is -3.46. The second-order valence-electron chi connectivity index (χ2n) is 6.12. The molecule has 1 N–H and O–H groups in total. The molecule has 0 amide bonds. The summed E-state index contributed by atoms with van der Waals surface area (Å²) in [6.07, 6.45) is 1.60. The summed E-state index contributed by atoms with van der Waals surface area (Å²) in [5.74, 6) is -0.455. The van der Waals surface area contributed by atoms with E-state index < -0.39 is 11.8 Å². The van der Waals surface area contributed by atoms with Gasteiger partial charge >= 0.3 is 5.97 Å². The molecule has 0 radical (unpaired) electrons. The number of hydrogen-bond acceptors (Lipinski definition) is 8. The minimum Gasteiger partial charge on any atom is -0.506 e. The van der Waals surface area contributed by atoms with E-state index in [4.69, 9.17) is 18.9 Å². The normalized spacial score (nSPS) is 16.0. The van der Waals surface area contributed by atoms with Crippen molar-refractivity contribution >= 4 is 34.5 Å². The molecule has 7 nitrogen and oxygen atoms in total. The molecule has 2 aromatic rings. The zero-order chi connectivity index (χ0) is 22.5. The lowest BCUT2D eigenvalue weighted by atomic mass is 10.1. The number of methoxy groups -OCH3 is 4. The number of benzene rings is 2. The van der Waals surface area contributed by atoms with E-state index in [1.54, 1.807) is 24.3 Å². The fourth-order valence-corrected chi connectivity index (χ4v) is 3.94. The maximum absolute atomic E-state index is 14.1. The predicted octanol–water partition coefficient (Wildman–Crippen LogP) is 4.65. The molecule has 31 heavy (non-hydrogen) atoms. The summed E-state index contributed by atoms with van der Waals surface area (Å²) >= 11 is 1.00. The molecule has 0 spiro atoms. The molecule has 0 fully saturated rings. The highest BCUT2D eigenvalue weighted by molar-refractivity contribution is 8.18. The number of halogens is 1. The van der Waals surface area contributed by atoms with E-state index in [-0.39, 0.29) is 22.1 Å². The van der Waals surface area contributed by atoms with E-state index in [9.17, 15) is 14.3 Å². The van der Waals surface area contributed by atoms with Crippen LogP contribution in [0.2, 0.25) is 0 Å². The van der Waals surface area contributed by atoms with Gasteiger partial charge < -0.3 is 24.1 Å². The van der Waals surface area contributed by atoms with Gasteiger partial charge in [0.15, 0.2) is 11.5 Å². The Bertz CT molecular complexity index is 1110. The third-order valence-corrected chi connectivity index (χ3v) is 5.40. The van der Waals surface area contributed by atoms with Crippen LogP contribution in [0.1, 0.15) is 5.56 Å². The van der Waals surface area contributed by atoms with Gasteiger partial charge in [-0.1, -0.05) is 23.9 Å². The van der Waals surface area contributed by atoms with Gasteiger partial charge in [-0.3, -0.25) is 0 Å². The number of para-hydroxylation sites is 1. The third kappa shape index (κ3) is 4.36. The number of thioether (sulfide) groups is 1. The van der Waals surface area contributed by atoms with Crippen molar-refractivity contribution in [3.63, 3.8) is 0 Å². The van der Waals surface area contributed by atoms with Crippen LogP contribution in [0.4, 0.5) is 10.1 Å². The van der Waals surface area contributed by atoms with Gasteiger partial charge in [-0.05, 0) is 30.3 Å². The van der Waals surface area contributed by atoms with Gasteiger partial charge in [0.1, 0.15) is 27.9 Å². The maximum Gasteiger partial charge on any atom is 0.344 e. The predicted molar refractivity (Wildman–Crippen MR) is 117 cm³/mol. The van der Waals surface area contributed by atoms with Crippen molar-refractivity contribution in [2.75, 3.05) is 28.4 Å². The number of rotatable bonds is 6. The molecule has 0 saturated heterocycles. The number of aliphatic hydroxyl groups is 1. The highest BCUT2D eigenvalue weighted by Crippen LogP contribution is 2.44. The van der Waals surface area contributed by atoms with E-state index >= 15 is 0 Å². The first-order chi connectivity index (χ1) is 14.9. The summed E-state index contributed by atoms with van der Waals surface area (Å²) in [5.41, 5.74) is 0.441. The largest absolute Gasteiger partial charge is 0.506 e. The molecule has 0 bridgehead atoms. The average Bonchev–Trinajstić information content (AvgIpc) is 3.08. The molecule has 162 valence electrons. The molecule has 1 heterocycles. The lowest BCUT2D eigenvalue weighted by Gasteiger charge is -2.14. The second kappa shape index (κ2) is 9.57. The number of carbonyl (C=O) groups excluding carboxylic acids is 1. The number of esters is 1. The first kappa shape index (κ1) is 22.2. The summed E-state index contributed by atoms with van der Waals surface area (Å²) in [5, 5.41) is 10.8. The highest BCUT2D eigenvalue weighted by Gasteiger charge is 2.33. The third-order valence-electron chi connectivity index (χ3n) is 4.38. The molecule has 3 rings (SSSR count). The van der Waals surface area contributed by atoms with E-state index in [1.807, 2.05) is 0 Å². The number of aliphatic hydroxyl groups excluding tert-OH is 1. The SMILES string of the molecule is COC(=O)C1=C(O)/C(=C\c2ccc(OC)c(OC)c2OC)SC1=Nc1ccccc1F. The van der Waals surface area contributed by atoms with E-state index in [1.165, 1.54) is 46.6 Å². The van der Waals surface area contributed by atoms with E-state index in [2.05, 4.69) is 4.99 Å². The van der Waals surface area contributed by atoms with Crippen molar-refractivity contribution in [1.29, 1.82) is 0 Å². The van der Waals surface area contributed by atoms with Crippen LogP contribution >= 0.6 is 11.8 Å². The van der Waals surface area contributed by atoms with Gasteiger partial charge in [0.25, 0.3) is 0 Å². The fraction of sp³-hybridized carbons (Fsp3) is 0.182. The van der Waals surface area contributed by atoms with Gasteiger partial charge in [0.2, 0.25) is 5.75 Å². The monoisotopic (exact) mass is 445 g/mol. The summed E-state index contributed by atoms with van der Waals surface area (Å²) in [6.45, 7) is 0. The molecule has 0 aromatic heterocycles. The standard InChI is InChI=1S/C22H20FNO6S/c1-27-15-10-9-12(19(28-2)20(15)29-3)11-16-18(25)17(22(26)30-4)21(31-16)24-14-8-6-5-7-13(14)23/h5-11,25H,1-4H3/b16-11+,24-21?. The Morgan fingerprint density at radius 3 is 2.35 bits per heavy atom. The number of hydrogen-bond donors (Lipinski definition) is 1. The number of ether oxygens (including phenoxy) is 4. The van der Waals surface area contributed by atoms with Gasteiger partial charge in [-0.15, -0.1) is 0 Å². The molecule has 0 atom stereocenters. The van der Waals surface area contributed by atoms with Crippen LogP contribution in [0, 0.1) is 5.82 Å². The van der Waals surface area contributed by atoms with Gasteiger partial charge in [-0.2, -0.15) is 0 Å². The fourth-order valence-electron chi connectivity index (χ4n) is 2.92. The Morgan fingerprint density at radius 2 is 1.74 bits per heavy atom. The van der Waals surface area contributed by atoms with Crippen molar-refractivity contribution in [3.8, 4) is 17.2 Å². The zero-order valence-corrected chi connectivity index (χ0v) is 18.1. The van der Waals surface area contributed by atoms with Crippen molar-refractivity contribution < 1.29 is 33.2 Å². The smallest absolute Gasteiger partial charge is 0.344 e. The van der Waals surface area contributed by atoms with Crippen LogP contribution in [-0.4, -0.2) is 44.6 Å². The zero-order valence-electron chi connectivity index (χ0n) is 17.3. The van der Waals surface area contributed by atoms with Crippen LogP contribution in [0.5, 0.6) is 17.2 Å². The van der Waals surface area contributed by atoms with Crippen LogP contribution in [0.15, 0.2) is 57.6 Å². The summed E-state index contributed by atoms with van der Waals surface area (Å²) in [7, 11) is 5.65. The topological polar surface area (TPSA) is 86.6 Å². The van der Waals surface area contributed by atoms with Crippen LogP contribution in [0.3, 0.4) is 0 Å². The Labute approximate surface area is 182 Å². The Morgan fingerprint density at radius 1 is 1.03 bits per heavy atom. The summed E-state index contributed by atoms with van der Waals surface area (Å²) in [4.78, 5) is 16.8. The molecular formula is C22H20FNO6S. The Kier molecular flexibility index (Phi) is 6.86. The van der Waals surface area contributed by atoms with E-state index in [0.29, 0.717) is 27.7 Å². The maximum atomic E-state index is 14.1. The van der Waals surface area contributed by atoms with Crippen LogP contribution < -0.4 is 14.2 Å². The lowest BCUT2D eigenvalue weighted by molar-refractivity contribution is -0.135. The molecule has 0 aliphatic carbocycles. The van der Waals surface area contributed by atoms with E-state index in [0.717, 1.165) is 11.8 Å². The van der Waals surface area contributed by atoms with Gasteiger partial charge in [0, 0.05) is 5.56 Å². The summed E-state index contributed by atoms with van der Waals surface area (Å²) < 4.78 is 35.0. The lowest BCUT2D eigenvalue weighted by Crippen LogP contribution is -2.10. The Balaban J connectivity index is 2.13. The average molecular weight is 445 g/mol. The van der Waals surface area contributed by atoms with Crippen molar-refractivity contribution in [1.82, 2.24) is 0 Å². The molecule has 2 aromatic carbocycles. The number of carbonyl (C=O) groups is 1. The van der Waals surface area contributed by atoms with Crippen LogP contribution in [0.25, 0.3) is 6.08 Å². The molecule has 0 saturated carbocycles. The minimum absolute atomic E-state index is 0.0316. The van der Waals surface area contributed by atoms with Crippen molar-refractivity contribution in [2.45, 2.75) is 0 Å². The first-order valence-electron chi connectivity index (χ1n) is 8.99. The molecule has 0 unspecified atom stereocenters. The second-order valence-corrected chi connectivity index (χ2v) is 7.15. The molecule has 1 aliphatic rings. The quantitative estimate of drug-likeness (QED) is 0.648. The molecule has 1 aliphatic heterocycles. The van der Waals surface area contributed by atoms with Crippen molar-refractivity contribution in [2.24, 2.45) is 4.99 Å². The minimum atomic E-state index is -0.789. The van der Waals surface area contributed by atoms with Crippen molar-refractivity contribution in [3.05, 3.63) is 64.0 Å². The van der Waals surface area contributed by atoms with Crippen LogP contribution in [-0.2, 0) is 9.53 Å². The van der Waals surface area contributed by atoms with Gasteiger partial charge in [0.05, 0.1) is 33.3 Å². The molecular weight excluding hydrogens is 425 g/mol. The highest BCUT2D eigenvalue weighted by atomic mass is 32.2.